The number of unbranched alkanes of at least 4 members (excludes halogenated alkanes) is 2. The number of benzene rings is 2. The number of rotatable bonds is 12. The van der Waals surface area contributed by atoms with Gasteiger partial charge in [0.25, 0.3) is 5.91 Å². The summed E-state index contributed by atoms with van der Waals surface area (Å²) < 4.78 is 12.0. The van der Waals surface area contributed by atoms with Crippen LogP contribution < -0.4 is 10.1 Å². The van der Waals surface area contributed by atoms with E-state index in [1.54, 1.807) is 0 Å². The molecule has 2 aromatic carbocycles. The van der Waals surface area contributed by atoms with Gasteiger partial charge in [0.2, 0.25) is 0 Å². The molecule has 0 saturated carbocycles. The molecule has 0 aliphatic rings. The number of amides is 1. The van der Waals surface area contributed by atoms with E-state index >= 15 is 0 Å². The molecule has 0 saturated heterocycles. The quantitative estimate of drug-likeness (QED) is 0.410. The van der Waals surface area contributed by atoms with E-state index in [0.717, 1.165) is 54.3 Å². The summed E-state index contributed by atoms with van der Waals surface area (Å²) in [4.78, 5) is 13.2. The van der Waals surface area contributed by atoms with Crippen molar-refractivity contribution < 1.29 is 14.3 Å². The molecule has 1 amide bonds. The Kier molecular flexibility index (Phi) is 8.97. The Hall–Kier alpha value is -2.07. The van der Waals surface area contributed by atoms with E-state index in [0.29, 0.717) is 19.1 Å². The van der Waals surface area contributed by atoms with Crippen LogP contribution in [0.2, 0.25) is 0 Å². The molecule has 0 heterocycles. The minimum Gasteiger partial charge on any atom is -0.493 e. The zero-order valence-electron chi connectivity index (χ0n) is 18.7. The van der Waals surface area contributed by atoms with E-state index in [1.807, 2.05) is 43.3 Å². The van der Waals surface area contributed by atoms with Gasteiger partial charge in [0, 0.05) is 23.1 Å². The maximum absolute atomic E-state index is 13.2. The highest BCUT2D eigenvalue weighted by atomic mass is 16.5. The fourth-order valence-electron chi connectivity index (χ4n) is 3.31. The molecule has 4 heteroatoms. The van der Waals surface area contributed by atoms with Crippen molar-refractivity contribution in [3.63, 3.8) is 0 Å². The Morgan fingerprint density at radius 1 is 1.03 bits per heavy atom. The molecule has 0 spiro atoms. The van der Waals surface area contributed by atoms with Crippen LogP contribution in [0.5, 0.6) is 5.75 Å². The summed E-state index contributed by atoms with van der Waals surface area (Å²) in [5.74, 6) is 1.22. The van der Waals surface area contributed by atoms with Crippen molar-refractivity contribution >= 4 is 22.4 Å². The van der Waals surface area contributed by atoms with Gasteiger partial charge >= 0.3 is 0 Å². The second-order valence-electron chi connectivity index (χ2n) is 8.35. The predicted molar refractivity (Wildman–Crippen MR) is 122 cm³/mol. The molecule has 29 heavy (non-hydrogen) atoms. The largest absolute Gasteiger partial charge is 0.493 e. The molecule has 2 rings (SSSR count). The second-order valence-corrected chi connectivity index (χ2v) is 8.35. The molecular formula is C25H37NO3. The highest BCUT2D eigenvalue weighted by molar-refractivity contribution is 6.06. The second kappa shape index (κ2) is 11.2. The van der Waals surface area contributed by atoms with Gasteiger partial charge in [-0.05, 0) is 37.8 Å². The molecule has 0 aliphatic heterocycles. The van der Waals surface area contributed by atoms with E-state index < -0.39 is 5.60 Å². The Morgan fingerprint density at radius 2 is 1.76 bits per heavy atom. The number of fused-ring (bicyclic) bond motifs is 1. The molecule has 1 N–H and O–H groups in total. The average molecular weight is 400 g/mol. The summed E-state index contributed by atoms with van der Waals surface area (Å²) in [5, 5.41) is 5.12. The van der Waals surface area contributed by atoms with E-state index in [1.165, 1.54) is 0 Å². The van der Waals surface area contributed by atoms with Crippen LogP contribution in [0.3, 0.4) is 0 Å². The molecule has 0 radical (unpaired) electrons. The molecule has 0 fully saturated rings. The highest BCUT2D eigenvalue weighted by Gasteiger charge is 2.34. The first kappa shape index (κ1) is 23.2. The third-order valence-electron chi connectivity index (χ3n) is 5.07. The van der Waals surface area contributed by atoms with E-state index in [2.05, 4.69) is 33.0 Å². The third kappa shape index (κ3) is 6.46. The summed E-state index contributed by atoms with van der Waals surface area (Å²) in [7, 11) is 0. The third-order valence-corrected chi connectivity index (χ3v) is 5.07. The first-order chi connectivity index (χ1) is 13.9. The maximum atomic E-state index is 13.2. The van der Waals surface area contributed by atoms with Crippen molar-refractivity contribution in [2.75, 3.05) is 18.5 Å². The van der Waals surface area contributed by atoms with E-state index in [9.17, 15) is 4.79 Å². The summed E-state index contributed by atoms with van der Waals surface area (Å²) in [5.41, 5.74) is -0.0247. The van der Waals surface area contributed by atoms with Crippen molar-refractivity contribution in [1.29, 1.82) is 0 Å². The number of ether oxygens (including phenoxy) is 2. The van der Waals surface area contributed by atoms with Crippen LogP contribution in [-0.4, -0.2) is 24.7 Å². The van der Waals surface area contributed by atoms with E-state index in [-0.39, 0.29) is 5.91 Å². The molecule has 1 atom stereocenters. The van der Waals surface area contributed by atoms with Crippen LogP contribution in [-0.2, 0) is 9.53 Å². The van der Waals surface area contributed by atoms with Crippen molar-refractivity contribution in [1.82, 2.24) is 0 Å². The van der Waals surface area contributed by atoms with Crippen molar-refractivity contribution in [3.8, 4) is 5.75 Å². The number of carbonyl (C=O) groups is 1. The number of nitrogens with one attached hydrogen (secondary N) is 1. The van der Waals surface area contributed by atoms with Gasteiger partial charge in [-0.15, -0.1) is 0 Å². The maximum Gasteiger partial charge on any atom is 0.256 e. The number of hydrogen-bond donors (Lipinski definition) is 1. The number of anilines is 1. The van der Waals surface area contributed by atoms with Gasteiger partial charge in [-0.1, -0.05) is 71.2 Å². The normalized spacial score (nSPS) is 13.4. The Bertz CT molecular complexity index is 787. The predicted octanol–water partition coefficient (Wildman–Crippen LogP) is 6.58. The van der Waals surface area contributed by atoms with Crippen LogP contribution >= 0.6 is 0 Å². The fraction of sp³-hybridized carbons (Fsp3) is 0.560. The zero-order chi connectivity index (χ0) is 21.3. The molecule has 1 unspecified atom stereocenters. The van der Waals surface area contributed by atoms with Gasteiger partial charge in [0.1, 0.15) is 11.4 Å². The van der Waals surface area contributed by atoms with Gasteiger partial charge < -0.3 is 14.8 Å². The van der Waals surface area contributed by atoms with Crippen LogP contribution in [0.4, 0.5) is 5.69 Å². The molecule has 0 aromatic heterocycles. The molecule has 160 valence electrons. The lowest BCUT2D eigenvalue weighted by Crippen LogP contribution is -2.43. The first-order valence-electron chi connectivity index (χ1n) is 11.0. The number of carbonyl (C=O) groups excluding carboxylic acids is 1. The van der Waals surface area contributed by atoms with Crippen LogP contribution in [0, 0.1) is 5.92 Å². The van der Waals surface area contributed by atoms with Gasteiger partial charge in [0.15, 0.2) is 0 Å². The van der Waals surface area contributed by atoms with Gasteiger partial charge in [-0.2, -0.15) is 0 Å². The van der Waals surface area contributed by atoms with Crippen LogP contribution in [0.1, 0.15) is 66.7 Å². The minimum absolute atomic E-state index is 0.0805. The lowest BCUT2D eigenvalue weighted by Gasteiger charge is -2.29. The van der Waals surface area contributed by atoms with Crippen LogP contribution in [0.15, 0.2) is 36.4 Å². The SMILES string of the molecule is CCCCCC(C)(OCCC)C(=O)Nc1ccc(OCC(C)C)c2ccccc12. The fourth-order valence-corrected chi connectivity index (χ4v) is 3.31. The minimum atomic E-state index is -0.820. The molecule has 2 aromatic rings. The summed E-state index contributed by atoms with van der Waals surface area (Å²) in [6.45, 7) is 11.6. The van der Waals surface area contributed by atoms with Crippen LogP contribution in [0.25, 0.3) is 10.8 Å². The lowest BCUT2D eigenvalue weighted by molar-refractivity contribution is -0.140. The first-order valence-corrected chi connectivity index (χ1v) is 11.0. The standard InChI is InChI=1S/C25H37NO3/c1-6-8-11-16-25(5,29-17-7-2)24(27)26-22-14-15-23(28-18-19(3)4)21-13-10-9-12-20(21)22/h9-10,12-15,19H,6-8,11,16-18H2,1-5H3,(H,26,27). The molecule has 4 nitrogen and oxygen atoms in total. The summed E-state index contributed by atoms with van der Waals surface area (Å²) in [6.07, 6.45) is 4.81. The highest BCUT2D eigenvalue weighted by Crippen LogP contribution is 2.33. The topological polar surface area (TPSA) is 47.6 Å². The van der Waals surface area contributed by atoms with Crippen molar-refractivity contribution in [2.24, 2.45) is 5.92 Å². The van der Waals surface area contributed by atoms with Crippen molar-refractivity contribution in [2.45, 2.75) is 72.3 Å². The summed E-state index contributed by atoms with van der Waals surface area (Å²) in [6, 6.07) is 11.9. The molecule has 0 aliphatic carbocycles. The van der Waals surface area contributed by atoms with E-state index in [4.69, 9.17) is 9.47 Å². The summed E-state index contributed by atoms with van der Waals surface area (Å²) >= 11 is 0. The monoisotopic (exact) mass is 399 g/mol. The van der Waals surface area contributed by atoms with Crippen molar-refractivity contribution in [3.05, 3.63) is 36.4 Å². The molecule has 0 bridgehead atoms. The van der Waals surface area contributed by atoms with Gasteiger partial charge in [-0.3, -0.25) is 4.79 Å². The Balaban J connectivity index is 2.26. The van der Waals surface area contributed by atoms with Gasteiger partial charge in [-0.25, -0.2) is 0 Å². The molecular weight excluding hydrogens is 362 g/mol. The smallest absolute Gasteiger partial charge is 0.256 e. The number of hydrogen-bond acceptors (Lipinski definition) is 3. The van der Waals surface area contributed by atoms with Gasteiger partial charge in [0.05, 0.1) is 6.61 Å². The Morgan fingerprint density at radius 3 is 2.41 bits per heavy atom. The Labute approximate surface area is 176 Å². The lowest BCUT2D eigenvalue weighted by atomic mass is 9.96. The zero-order valence-corrected chi connectivity index (χ0v) is 18.7. The average Bonchev–Trinajstić information content (AvgIpc) is 2.71.